The van der Waals surface area contributed by atoms with E-state index in [1.807, 2.05) is 26.0 Å². The average molecular weight is 291 g/mol. The van der Waals surface area contributed by atoms with Crippen LogP contribution in [0.5, 0.6) is 5.88 Å². The van der Waals surface area contributed by atoms with Crippen LogP contribution in [0.4, 0.5) is 4.79 Å². The zero-order chi connectivity index (χ0) is 15.1. The topological polar surface area (TPSA) is 54.5 Å². The van der Waals surface area contributed by atoms with Crippen LogP contribution >= 0.6 is 0 Å². The van der Waals surface area contributed by atoms with Crippen molar-refractivity contribution < 1.29 is 9.53 Å². The molecule has 0 saturated heterocycles. The predicted octanol–water partition coefficient (Wildman–Crippen LogP) is 2.95. The van der Waals surface area contributed by atoms with Gasteiger partial charge in [-0.1, -0.05) is 6.07 Å². The van der Waals surface area contributed by atoms with E-state index in [0.29, 0.717) is 18.5 Å². The number of hydrogen-bond acceptors (Lipinski definition) is 3. The molecule has 1 N–H and O–H groups in total. The Labute approximate surface area is 126 Å². The number of pyridine rings is 1. The standard InChI is InChI=1S/C16H25N3O2/c1-3-19(4-2)16(20)18-12-13-9-10-15(17-11-13)21-14-7-5-6-8-14/h9-11,14H,3-8,12H2,1-2H3,(H,18,20). The van der Waals surface area contributed by atoms with Crippen LogP contribution in [0.1, 0.15) is 45.1 Å². The van der Waals surface area contributed by atoms with Gasteiger partial charge in [0.25, 0.3) is 0 Å². The molecule has 1 aliphatic carbocycles. The second-order valence-electron chi connectivity index (χ2n) is 5.36. The molecule has 0 aromatic carbocycles. The van der Waals surface area contributed by atoms with E-state index in [1.54, 1.807) is 11.1 Å². The molecular formula is C16H25N3O2. The smallest absolute Gasteiger partial charge is 0.317 e. The van der Waals surface area contributed by atoms with Crippen LogP contribution in [0.15, 0.2) is 18.3 Å². The minimum absolute atomic E-state index is 0.0358. The van der Waals surface area contributed by atoms with E-state index in [-0.39, 0.29) is 6.03 Å². The van der Waals surface area contributed by atoms with Crippen LogP contribution in [0.25, 0.3) is 0 Å². The SMILES string of the molecule is CCN(CC)C(=O)NCc1ccc(OC2CCCC2)nc1. The van der Waals surface area contributed by atoms with E-state index in [4.69, 9.17) is 4.74 Å². The molecule has 1 aliphatic rings. The third-order valence-corrected chi connectivity index (χ3v) is 3.88. The average Bonchev–Trinajstić information content (AvgIpc) is 3.01. The fraction of sp³-hybridized carbons (Fsp3) is 0.625. The second-order valence-corrected chi connectivity index (χ2v) is 5.36. The first kappa shape index (κ1) is 15.6. The molecule has 0 atom stereocenters. The Kier molecular flexibility index (Phi) is 5.84. The van der Waals surface area contributed by atoms with E-state index >= 15 is 0 Å². The molecule has 0 aliphatic heterocycles. The highest BCUT2D eigenvalue weighted by Gasteiger charge is 2.16. The molecule has 0 radical (unpaired) electrons. The first-order chi connectivity index (χ1) is 10.2. The Balaban J connectivity index is 1.80. The van der Waals surface area contributed by atoms with E-state index in [2.05, 4.69) is 10.3 Å². The molecule has 1 fully saturated rings. The normalized spacial score (nSPS) is 15.0. The fourth-order valence-corrected chi connectivity index (χ4v) is 2.56. The number of nitrogens with zero attached hydrogens (tertiary/aromatic N) is 2. The van der Waals surface area contributed by atoms with Crippen molar-refractivity contribution in [2.75, 3.05) is 13.1 Å². The third-order valence-electron chi connectivity index (χ3n) is 3.88. The molecule has 2 amide bonds. The zero-order valence-electron chi connectivity index (χ0n) is 13.0. The maximum atomic E-state index is 11.8. The summed E-state index contributed by atoms with van der Waals surface area (Å²) >= 11 is 0. The lowest BCUT2D eigenvalue weighted by Crippen LogP contribution is -2.39. The minimum Gasteiger partial charge on any atom is -0.474 e. The van der Waals surface area contributed by atoms with Gasteiger partial charge in [-0.25, -0.2) is 9.78 Å². The molecule has 116 valence electrons. The number of carbonyl (C=O) groups is 1. The predicted molar refractivity (Wildman–Crippen MR) is 82.3 cm³/mol. The van der Waals surface area contributed by atoms with Gasteiger partial charge in [0.15, 0.2) is 0 Å². The molecular weight excluding hydrogens is 266 g/mol. The van der Waals surface area contributed by atoms with Gasteiger partial charge < -0.3 is 15.0 Å². The van der Waals surface area contributed by atoms with Crippen LogP contribution in [0.3, 0.4) is 0 Å². The summed E-state index contributed by atoms with van der Waals surface area (Å²) in [4.78, 5) is 17.9. The van der Waals surface area contributed by atoms with Crippen molar-refractivity contribution in [2.45, 2.75) is 52.2 Å². The van der Waals surface area contributed by atoms with Gasteiger partial charge in [-0.2, -0.15) is 0 Å². The van der Waals surface area contributed by atoms with Crippen molar-refractivity contribution in [1.29, 1.82) is 0 Å². The first-order valence-corrected chi connectivity index (χ1v) is 7.87. The van der Waals surface area contributed by atoms with Gasteiger partial charge in [-0.3, -0.25) is 0 Å². The summed E-state index contributed by atoms with van der Waals surface area (Å²) in [7, 11) is 0. The number of rotatable bonds is 6. The van der Waals surface area contributed by atoms with Crippen LogP contribution in [0, 0.1) is 0 Å². The highest BCUT2D eigenvalue weighted by Crippen LogP contribution is 2.22. The van der Waals surface area contributed by atoms with E-state index in [0.717, 1.165) is 31.5 Å². The molecule has 1 saturated carbocycles. The van der Waals surface area contributed by atoms with Crippen molar-refractivity contribution in [3.8, 4) is 5.88 Å². The Bertz CT molecular complexity index is 437. The molecule has 1 aromatic heterocycles. The highest BCUT2D eigenvalue weighted by molar-refractivity contribution is 5.74. The van der Waals surface area contributed by atoms with Crippen LogP contribution in [-0.2, 0) is 6.54 Å². The monoisotopic (exact) mass is 291 g/mol. The summed E-state index contributed by atoms with van der Waals surface area (Å²) in [5.74, 6) is 0.681. The third kappa shape index (κ3) is 4.62. The van der Waals surface area contributed by atoms with E-state index in [9.17, 15) is 4.79 Å². The highest BCUT2D eigenvalue weighted by atomic mass is 16.5. The van der Waals surface area contributed by atoms with Crippen molar-refractivity contribution in [2.24, 2.45) is 0 Å². The van der Waals surface area contributed by atoms with Crippen LogP contribution < -0.4 is 10.1 Å². The van der Waals surface area contributed by atoms with Gasteiger partial charge in [0, 0.05) is 31.9 Å². The summed E-state index contributed by atoms with van der Waals surface area (Å²) in [5, 5.41) is 2.90. The number of ether oxygens (including phenoxy) is 1. The van der Waals surface area contributed by atoms with Gasteiger partial charge in [-0.05, 0) is 45.1 Å². The molecule has 1 aromatic rings. The number of urea groups is 1. The minimum atomic E-state index is -0.0358. The molecule has 1 heterocycles. The van der Waals surface area contributed by atoms with Crippen LogP contribution in [-0.4, -0.2) is 35.1 Å². The van der Waals surface area contributed by atoms with Crippen LogP contribution in [0.2, 0.25) is 0 Å². The summed E-state index contributed by atoms with van der Waals surface area (Å²) in [6, 6.07) is 3.81. The Morgan fingerprint density at radius 1 is 1.33 bits per heavy atom. The van der Waals surface area contributed by atoms with Crippen molar-refractivity contribution in [1.82, 2.24) is 15.2 Å². The number of aromatic nitrogens is 1. The zero-order valence-corrected chi connectivity index (χ0v) is 13.0. The quantitative estimate of drug-likeness (QED) is 0.876. The molecule has 2 rings (SSSR count). The van der Waals surface area contributed by atoms with Gasteiger partial charge in [0.1, 0.15) is 6.10 Å². The summed E-state index contributed by atoms with van der Waals surface area (Å²) in [6.07, 6.45) is 6.85. The molecule has 0 unspecified atom stereocenters. The van der Waals surface area contributed by atoms with E-state index < -0.39 is 0 Å². The largest absolute Gasteiger partial charge is 0.474 e. The molecule has 21 heavy (non-hydrogen) atoms. The number of carbonyl (C=O) groups excluding carboxylic acids is 1. The Morgan fingerprint density at radius 3 is 2.62 bits per heavy atom. The Morgan fingerprint density at radius 2 is 2.05 bits per heavy atom. The summed E-state index contributed by atoms with van der Waals surface area (Å²) in [5.41, 5.74) is 0.981. The lowest BCUT2D eigenvalue weighted by Gasteiger charge is -2.19. The van der Waals surface area contributed by atoms with Gasteiger partial charge in [0.2, 0.25) is 5.88 Å². The fourth-order valence-electron chi connectivity index (χ4n) is 2.56. The maximum absolute atomic E-state index is 11.8. The van der Waals surface area contributed by atoms with Crippen molar-refractivity contribution in [3.63, 3.8) is 0 Å². The number of nitrogens with one attached hydrogen (secondary N) is 1. The summed E-state index contributed by atoms with van der Waals surface area (Å²) in [6.45, 7) is 5.87. The van der Waals surface area contributed by atoms with Gasteiger partial charge in [-0.15, -0.1) is 0 Å². The molecule has 5 heteroatoms. The first-order valence-electron chi connectivity index (χ1n) is 7.87. The molecule has 0 bridgehead atoms. The summed E-state index contributed by atoms with van der Waals surface area (Å²) < 4.78 is 5.82. The van der Waals surface area contributed by atoms with E-state index in [1.165, 1.54) is 12.8 Å². The number of amides is 2. The Hall–Kier alpha value is -1.78. The van der Waals surface area contributed by atoms with Crippen molar-refractivity contribution >= 4 is 6.03 Å². The molecule has 5 nitrogen and oxygen atoms in total. The number of hydrogen-bond donors (Lipinski definition) is 1. The lowest BCUT2D eigenvalue weighted by atomic mass is 10.3. The van der Waals surface area contributed by atoms with Crippen molar-refractivity contribution in [3.05, 3.63) is 23.9 Å². The van der Waals surface area contributed by atoms with Gasteiger partial charge >= 0.3 is 6.03 Å². The lowest BCUT2D eigenvalue weighted by molar-refractivity contribution is 0.201. The van der Waals surface area contributed by atoms with Gasteiger partial charge in [0.05, 0.1) is 0 Å². The molecule has 0 spiro atoms. The second kappa shape index (κ2) is 7.86. The maximum Gasteiger partial charge on any atom is 0.317 e.